The van der Waals surface area contributed by atoms with E-state index >= 15 is 0 Å². The first kappa shape index (κ1) is 12.7. The third-order valence-corrected chi connectivity index (χ3v) is 3.19. The zero-order chi connectivity index (χ0) is 13.0. The highest BCUT2D eigenvalue weighted by Gasteiger charge is 2.13. The maximum atomic E-state index is 10.1. The van der Waals surface area contributed by atoms with E-state index in [-0.39, 0.29) is 0 Å². The van der Waals surface area contributed by atoms with Crippen molar-refractivity contribution in [3.05, 3.63) is 60.2 Å². The molecule has 0 radical (unpaired) electrons. The van der Waals surface area contributed by atoms with Crippen LogP contribution in [0.25, 0.3) is 0 Å². The van der Waals surface area contributed by atoms with Crippen LogP contribution in [0.5, 0.6) is 0 Å². The molecule has 94 valence electrons. The number of para-hydroxylation sites is 2. The average molecular weight is 241 g/mol. The summed E-state index contributed by atoms with van der Waals surface area (Å²) in [6, 6.07) is 18.2. The smallest absolute Gasteiger partial charge is 0.0807 e. The average Bonchev–Trinajstić information content (AvgIpc) is 2.46. The highest BCUT2D eigenvalue weighted by atomic mass is 16.3. The third-order valence-electron chi connectivity index (χ3n) is 3.19. The van der Waals surface area contributed by atoms with Gasteiger partial charge in [-0.05, 0) is 24.6 Å². The molecule has 0 fully saturated rings. The van der Waals surface area contributed by atoms with E-state index in [0.29, 0.717) is 0 Å². The first-order valence-electron chi connectivity index (χ1n) is 6.29. The molecule has 0 saturated carbocycles. The summed E-state index contributed by atoms with van der Waals surface area (Å²) in [6.07, 6.45) is 0.312. The predicted molar refractivity (Wildman–Crippen MR) is 76.2 cm³/mol. The monoisotopic (exact) mass is 241 g/mol. The molecular formula is C16H19NO. The van der Waals surface area contributed by atoms with Gasteiger partial charge in [0.2, 0.25) is 0 Å². The van der Waals surface area contributed by atoms with Gasteiger partial charge in [-0.3, -0.25) is 0 Å². The minimum absolute atomic E-state index is 0.410. The van der Waals surface area contributed by atoms with Crippen LogP contribution in [0.1, 0.15) is 25.0 Å². The zero-order valence-electron chi connectivity index (χ0n) is 10.9. The first-order valence-corrected chi connectivity index (χ1v) is 6.29. The van der Waals surface area contributed by atoms with Crippen molar-refractivity contribution in [2.45, 2.75) is 19.4 Å². The molecule has 0 aliphatic rings. The molecule has 0 aliphatic heterocycles. The Labute approximate surface area is 109 Å². The Morgan fingerprint density at radius 2 is 1.61 bits per heavy atom. The largest absolute Gasteiger partial charge is 0.388 e. The number of nitrogens with zero attached hydrogens (tertiary/aromatic N) is 1. The SMILES string of the molecule is CC[C@H](O)c1ccccc1N(C)c1ccccc1. The molecule has 2 aromatic carbocycles. The highest BCUT2D eigenvalue weighted by molar-refractivity contribution is 5.66. The van der Waals surface area contributed by atoms with Crippen LogP contribution in [0.2, 0.25) is 0 Å². The molecule has 2 nitrogen and oxygen atoms in total. The van der Waals surface area contributed by atoms with Gasteiger partial charge in [0, 0.05) is 24.0 Å². The molecule has 0 heterocycles. The van der Waals surface area contributed by atoms with Crippen molar-refractivity contribution in [1.82, 2.24) is 0 Å². The fourth-order valence-corrected chi connectivity index (χ4v) is 2.09. The number of aliphatic hydroxyl groups is 1. The van der Waals surface area contributed by atoms with Crippen LogP contribution in [0, 0.1) is 0 Å². The van der Waals surface area contributed by atoms with E-state index in [1.54, 1.807) is 0 Å². The van der Waals surface area contributed by atoms with Gasteiger partial charge in [-0.25, -0.2) is 0 Å². The highest BCUT2D eigenvalue weighted by Crippen LogP contribution is 2.31. The quantitative estimate of drug-likeness (QED) is 0.877. The molecular weight excluding hydrogens is 222 g/mol. The van der Waals surface area contributed by atoms with Crippen LogP contribution in [-0.2, 0) is 0 Å². The Morgan fingerprint density at radius 1 is 1.00 bits per heavy atom. The van der Waals surface area contributed by atoms with Crippen molar-refractivity contribution in [2.75, 3.05) is 11.9 Å². The fourth-order valence-electron chi connectivity index (χ4n) is 2.09. The second-order valence-electron chi connectivity index (χ2n) is 4.38. The summed E-state index contributed by atoms with van der Waals surface area (Å²) in [4.78, 5) is 2.11. The topological polar surface area (TPSA) is 23.5 Å². The number of aliphatic hydroxyl groups excluding tert-OH is 1. The molecule has 1 atom stereocenters. The predicted octanol–water partition coefficient (Wildman–Crippen LogP) is 3.90. The van der Waals surface area contributed by atoms with Crippen LogP contribution in [0.15, 0.2) is 54.6 Å². The summed E-state index contributed by atoms with van der Waals surface area (Å²) in [5, 5.41) is 10.1. The Hall–Kier alpha value is -1.80. The van der Waals surface area contributed by atoms with E-state index in [2.05, 4.69) is 17.0 Å². The van der Waals surface area contributed by atoms with E-state index in [0.717, 1.165) is 23.4 Å². The molecule has 0 bridgehead atoms. The zero-order valence-corrected chi connectivity index (χ0v) is 10.9. The number of hydrogen-bond acceptors (Lipinski definition) is 2. The fraction of sp³-hybridized carbons (Fsp3) is 0.250. The van der Waals surface area contributed by atoms with Crippen LogP contribution in [-0.4, -0.2) is 12.2 Å². The standard InChI is InChI=1S/C16H19NO/c1-3-16(18)14-11-7-8-12-15(14)17(2)13-9-5-4-6-10-13/h4-12,16,18H,3H2,1-2H3/t16-/m0/s1. The van der Waals surface area contributed by atoms with E-state index in [4.69, 9.17) is 0 Å². The van der Waals surface area contributed by atoms with Crippen LogP contribution in [0.4, 0.5) is 11.4 Å². The van der Waals surface area contributed by atoms with Gasteiger partial charge in [-0.15, -0.1) is 0 Å². The minimum Gasteiger partial charge on any atom is -0.388 e. The summed E-state index contributed by atoms with van der Waals surface area (Å²) in [5.41, 5.74) is 3.15. The normalized spacial score (nSPS) is 12.2. The summed E-state index contributed by atoms with van der Waals surface area (Å²) in [6.45, 7) is 1.99. The molecule has 2 heteroatoms. The second-order valence-corrected chi connectivity index (χ2v) is 4.38. The molecule has 0 amide bonds. The molecule has 0 saturated heterocycles. The van der Waals surface area contributed by atoms with Gasteiger partial charge in [-0.1, -0.05) is 43.3 Å². The van der Waals surface area contributed by atoms with Crippen LogP contribution < -0.4 is 4.90 Å². The number of anilines is 2. The van der Waals surface area contributed by atoms with Gasteiger partial charge in [0.15, 0.2) is 0 Å². The summed E-state index contributed by atoms with van der Waals surface area (Å²) >= 11 is 0. The van der Waals surface area contributed by atoms with Gasteiger partial charge in [0.25, 0.3) is 0 Å². The van der Waals surface area contributed by atoms with Crippen LogP contribution in [0.3, 0.4) is 0 Å². The minimum atomic E-state index is -0.410. The Balaban J connectivity index is 2.39. The van der Waals surface area contributed by atoms with Gasteiger partial charge < -0.3 is 10.0 Å². The van der Waals surface area contributed by atoms with Crippen molar-refractivity contribution < 1.29 is 5.11 Å². The first-order chi connectivity index (χ1) is 8.74. The molecule has 0 spiro atoms. The Bertz CT molecular complexity index is 495. The van der Waals surface area contributed by atoms with E-state index in [1.165, 1.54) is 0 Å². The summed E-state index contributed by atoms with van der Waals surface area (Å²) < 4.78 is 0. The number of rotatable bonds is 4. The molecule has 2 aromatic rings. The number of benzene rings is 2. The van der Waals surface area contributed by atoms with Crippen molar-refractivity contribution in [3.63, 3.8) is 0 Å². The Kier molecular flexibility index (Phi) is 4.00. The van der Waals surface area contributed by atoms with Gasteiger partial charge in [0.05, 0.1) is 6.10 Å². The van der Waals surface area contributed by atoms with Gasteiger partial charge in [0.1, 0.15) is 0 Å². The lowest BCUT2D eigenvalue weighted by molar-refractivity contribution is 0.174. The van der Waals surface area contributed by atoms with E-state index < -0.39 is 6.10 Å². The Morgan fingerprint density at radius 3 is 2.28 bits per heavy atom. The van der Waals surface area contributed by atoms with Crippen molar-refractivity contribution in [1.29, 1.82) is 0 Å². The lowest BCUT2D eigenvalue weighted by Gasteiger charge is -2.24. The van der Waals surface area contributed by atoms with Crippen molar-refractivity contribution in [3.8, 4) is 0 Å². The maximum absolute atomic E-state index is 10.1. The lowest BCUT2D eigenvalue weighted by atomic mass is 10.0. The maximum Gasteiger partial charge on any atom is 0.0807 e. The third kappa shape index (κ3) is 2.54. The second kappa shape index (κ2) is 5.69. The molecule has 18 heavy (non-hydrogen) atoms. The van der Waals surface area contributed by atoms with Gasteiger partial charge >= 0.3 is 0 Å². The van der Waals surface area contributed by atoms with Crippen molar-refractivity contribution >= 4 is 11.4 Å². The van der Waals surface area contributed by atoms with E-state index in [9.17, 15) is 5.11 Å². The molecule has 0 unspecified atom stereocenters. The molecule has 2 rings (SSSR count). The molecule has 0 aliphatic carbocycles. The van der Waals surface area contributed by atoms with Crippen LogP contribution >= 0.6 is 0 Å². The molecule has 0 aromatic heterocycles. The lowest BCUT2D eigenvalue weighted by Crippen LogP contribution is -2.13. The molecule has 1 N–H and O–H groups in total. The van der Waals surface area contributed by atoms with E-state index in [1.807, 2.05) is 56.4 Å². The van der Waals surface area contributed by atoms with Gasteiger partial charge in [-0.2, -0.15) is 0 Å². The van der Waals surface area contributed by atoms with Crippen molar-refractivity contribution in [2.24, 2.45) is 0 Å². The number of hydrogen-bond donors (Lipinski definition) is 1. The summed E-state index contributed by atoms with van der Waals surface area (Å²) in [5.74, 6) is 0. The summed E-state index contributed by atoms with van der Waals surface area (Å²) in [7, 11) is 2.02.